The van der Waals surface area contributed by atoms with E-state index in [1.54, 1.807) is 0 Å². The van der Waals surface area contributed by atoms with Crippen molar-refractivity contribution in [1.29, 1.82) is 0 Å². The third-order valence-corrected chi connectivity index (χ3v) is 4.35. The molecule has 0 bridgehead atoms. The second kappa shape index (κ2) is 8.77. The van der Waals surface area contributed by atoms with Crippen molar-refractivity contribution in [2.45, 2.75) is 44.6 Å². The fourth-order valence-electron chi connectivity index (χ4n) is 3.05. The lowest BCUT2D eigenvalue weighted by molar-refractivity contribution is -0.132. The van der Waals surface area contributed by atoms with Crippen LogP contribution in [0.15, 0.2) is 0 Å². The van der Waals surface area contributed by atoms with Crippen LogP contribution in [0.25, 0.3) is 0 Å². The number of carbonyl (C=O) groups is 1. The molecule has 2 rings (SSSR count). The highest BCUT2D eigenvalue weighted by molar-refractivity contribution is 5.85. The molecule has 1 saturated carbocycles. The number of rotatable bonds is 4. The van der Waals surface area contributed by atoms with E-state index >= 15 is 0 Å². The van der Waals surface area contributed by atoms with Gasteiger partial charge in [0.2, 0.25) is 5.91 Å². The fourth-order valence-corrected chi connectivity index (χ4v) is 3.05. The molecule has 1 heterocycles. The molecule has 5 heteroatoms. The Balaban J connectivity index is 0.00000180. The summed E-state index contributed by atoms with van der Waals surface area (Å²) in [5.74, 6) is 0.333. The normalized spacial score (nSPS) is 21.3. The minimum atomic E-state index is 0. The van der Waals surface area contributed by atoms with E-state index in [1.807, 2.05) is 4.90 Å². The van der Waals surface area contributed by atoms with Crippen LogP contribution in [0.3, 0.4) is 0 Å². The number of hydrogen-bond donors (Lipinski definition) is 1. The van der Waals surface area contributed by atoms with Crippen LogP contribution in [-0.4, -0.2) is 61.5 Å². The molecule has 1 aliphatic heterocycles. The van der Waals surface area contributed by atoms with Gasteiger partial charge in [-0.05, 0) is 19.9 Å². The Morgan fingerprint density at radius 3 is 2.47 bits per heavy atom. The Labute approximate surface area is 123 Å². The molecule has 0 aromatic carbocycles. The number of piperazine rings is 1. The summed E-state index contributed by atoms with van der Waals surface area (Å²) < 4.78 is 0. The van der Waals surface area contributed by atoms with Gasteiger partial charge < -0.3 is 15.1 Å². The number of nitrogens with zero attached hydrogens (tertiary/aromatic N) is 2. The lowest BCUT2D eigenvalue weighted by atomic mass is 9.94. The average Bonchev–Trinajstić information content (AvgIpc) is 2.46. The van der Waals surface area contributed by atoms with E-state index in [1.165, 1.54) is 32.1 Å². The smallest absolute Gasteiger partial charge is 0.223 e. The monoisotopic (exact) mass is 289 g/mol. The molecule has 1 amide bonds. The summed E-state index contributed by atoms with van der Waals surface area (Å²) in [4.78, 5) is 16.5. The second-order valence-electron chi connectivity index (χ2n) is 5.65. The Morgan fingerprint density at radius 2 is 1.84 bits per heavy atom. The molecule has 0 atom stereocenters. The van der Waals surface area contributed by atoms with E-state index in [2.05, 4.69) is 17.3 Å². The van der Waals surface area contributed by atoms with Crippen molar-refractivity contribution in [2.75, 3.05) is 39.8 Å². The molecular weight excluding hydrogens is 262 g/mol. The van der Waals surface area contributed by atoms with Crippen molar-refractivity contribution in [1.82, 2.24) is 15.1 Å². The van der Waals surface area contributed by atoms with Gasteiger partial charge in [0.25, 0.3) is 0 Å². The van der Waals surface area contributed by atoms with E-state index in [-0.39, 0.29) is 12.4 Å². The zero-order valence-corrected chi connectivity index (χ0v) is 12.9. The summed E-state index contributed by atoms with van der Waals surface area (Å²) in [5, 5.41) is 3.28. The van der Waals surface area contributed by atoms with E-state index in [0.717, 1.165) is 38.8 Å². The zero-order valence-electron chi connectivity index (χ0n) is 12.1. The van der Waals surface area contributed by atoms with Gasteiger partial charge in [-0.3, -0.25) is 4.79 Å². The molecule has 0 radical (unpaired) electrons. The maximum atomic E-state index is 12.1. The molecule has 0 aromatic rings. The SMILES string of the molecule is CN(CCC(=O)N1CCNCC1)C1CCCCC1.Cl. The van der Waals surface area contributed by atoms with Crippen LogP contribution in [0.1, 0.15) is 38.5 Å². The molecular formula is C14H28ClN3O. The van der Waals surface area contributed by atoms with Gasteiger partial charge in [-0.2, -0.15) is 0 Å². The number of carbonyl (C=O) groups excluding carboxylic acids is 1. The lowest BCUT2D eigenvalue weighted by Crippen LogP contribution is -2.47. The predicted molar refractivity (Wildman–Crippen MR) is 80.8 cm³/mol. The first kappa shape index (κ1) is 16.7. The van der Waals surface area contributed by atoms with E-state index < -0.39 is 0 Å². The summed E-state index contributed by atoms with van der Waals surface area (Å²) in [5.41, 5.74) is 0. The molecule has 1 aliphatic carbocycles. The highest BCUT2D eigenvalue weighted by atomic mass is 35.5. The van der Waals surface area contributed by atoms with Gasteiger partial charge in [-0.25, -0.2) is 0 Å². The molecule has 2 aliphatic rings. The maximum absolute atomic E-state index is 12.1. The van der Waals surface area contributed by atoms with Gasteiger partial charge in [-0.1, -0.05) is 19.3 Å². The minimum Gasteiger partial charge on any atom is -0.340 e. The van der Waals surface area contributed by atoms with Gasteiger partial charge in [-0.15, -0.1) is 12.4 Å². The molecule has 0 unspecified atom stereocenters. The van der Waals surface area contributed by atoms with Gasteiger partial charge in [0.05, 0.1) is 0 Å². The summed E-state index contributed by atoms with van der Waals surface area (Å²) in [7, 11) is 2.18. The van der Waals surface area contributed by atoms with Crippen LogP contribution in [-0.2, 0) is 4.79 Å². The van der Waals surface area contributed by atoms with Crippen molar-refractivity contribution in [3.63, 3.8) is 0 Å². The number of hydrogen-bond acceptors (Lipinski definition) is 3. The van der Waals surface area contributed by atoms with E-state index in [9.17, 15) is 4.79 Å². The fraction of sp³-hybridized carbons (Fsp3) is 0.929. The van der Waals surface area contributed by atoms with Gasteiger partial charge in [0.1, 0.15) is 0 Å². The Hall–Kier alpha value is -0.320. The quantitative estimate of drug-likeness (QED) is 0.852. The molecule has 1 N–H and O–H groups in total. The summed E-state index contributed by atoms with van der Waals surface area (Å²) in [6.45, 7) is 4.58. The summed E-state index contributed by atoms with van der Waals surface area (Å²) >= 11 is 0. The number of halogens is 1. The maximum Gasteiger partial charge on any atom is 0.223 e. The van der Waals surface area contributed by atoms with Crippen molar-refractivity contribution >= 4 is 18.3 Å². The summed E-state index contributed by atoms with van der Waals surface area (Å²) in [6, 6.07) is 0.717. The lowest BCUT2D eigenvalue weighted by Gasteiger charge is -2.32. The summed E-state index contributed by atoms with van der Waals surface area (Å²) in [6.07, 6.45) is 7.44. The molecule has 112 valence electrons. The molecule has 2 fully saturated rings. The van der Waals surface area contributed by atoms with Crippen molar-refractivity contribution < 1.29 is 4.79 Å². The Morgan fingerprint density at radius 1 is 1.21 bits per heavy atom. The van der Waals surface area contributed by atoms with Crippen LogP contribution < -0.4 is 5.32 Å². The van der Waals surface area contributed by atoms with Crippen LogP contribution in [0.5, 0.6) is 0 Å². The Bertz CT molecular complexity index is 263. The number of nitrogens with one attached hydrogen (secondary N) is 1. The first-order chi connectivity index (χ1) is 8.77. The largest absolute Gasteiger partial charge is 0.340 e. The van der Waals surface area contributed by atoms with Crippen molar-refractivity contribution in [3.05, 3.63) is 0 Å². The van der Waals surface area contributed by atoms with E-state index in [0.29, 0.717) is 12.3 Å². The standard InChI is InChI=1S/C14H27N3O.ClH/c1-16(13-5-3-2-4-6-13)10-7-14(18)17-11-8-15-9-12-17;/h13,15H,2-12H2,1H3;1H. The van der Waals surface area contributed by atoms with Gasteiger partial charge >= 0.3 is 0 Å². The molecule has 0 spiro atoms. The first-order valence-corrected chi connectivity index (χ1v) is 7.46. The van der Waals surface area contributed by atoms with Crippen LogP contribution in [0.4, 0.5) is 0 Å². The molecule has 19 heavy (non-hydrogen) atoms. The first-order valence-electron chi connectivity index (χ1n) is 7.46. The van der Waals surface area contributed by atoms with Crippen molar-refractivity contribution in [2.24, 2.45) is 0 Å². The predicted octanol–water partition coefficient (Wildman–Crippen LogP) is 1.49. The van der Waals surface area contributed by atoms with E-state index in [4.69, 9.17) is 0 Å². The van der Waals surface area contributed by atoms with Gasteiger partial charge in [0, 0.05) is 45.2 Å². The molecule has 4 nitrogen and oxygen atoms in total. The average molecular weight is 290 g/mol. The second-order valence-corrected chi connectivity index (χ2v) is 5.65. The topological polar surface area (TPSA) is 35.6 Å². The van der Waals surface area contributed by atoms with Gasteiger partial charge in [0.15, 0.2) is 0 Å². The molecule has 1 saturated heterocycles. The number of amides is 1. The van der Waals surface area contributed by atoms with Crippen LogP contribution in [0, 0.1) is 0 Å². The third kappa shape index (κ3) is 5.28. The third-order valence-electron chi connectivity index (χ3n) is 4.35. The zero-order chi connectivity index (χ0) is 12.8. The van der Waals surface area contributed by atoms with Crippen LogP contribution >= 0.6 is 12.4 Å². The highest BCUT2D eigenvalue weighted by Gasteiger charge is 2.20. The highest BCUT2D eigenvalue weighted by Crippen LogP contribution is 2.21. The van der Waals surface area contributed by atoms with Crippen LogP contribution in [0.2, 0.25) is 0 Å². The van der Waals surface area contributed by atoms with Crippen molar-refractivity contribution in [3.8, 4) is 0 Å². The Kier molecular flexibility index (Phi) is 7.73. The molecule has 0 aromatic heterocycles. The minimum absolute atomic E-state index is 0.